The number of aromatic amines is 1. The van der Waals surface area contributed by atoms with Crippen molar-refractivity contribution in [2.45, 2.75) is 13.2 Å². The van der Waals surface area contributed by atoms with Crippen molar-refractivity contribution in [3.63, 3.8) is 0 Å². The third kappa shape index (κ3) is 4.24. The number of amides is 1. The van der Waals surface area contributed by atoms with Crippen LogP contribution in [-0.2, 0) is 18.0 Å². The lowest BCUT2D eigenvalue weighted by Gasteiger charge is -2.07. The fourth-order valence-corrected chi connectivity index (χ4v) is 2.05. The van der Waals surface area contributed by atoms with Gasteiger partial charge in [0.25, 0.3) is 5.91 Å². The molecule has 23 heavy (non-hydrogen) atoms. The third-order valence-corrected chi connectivity index (χ3v) is 3.24. The molecule has 0 fully saturated rings. The number of aromatic nitrogens is 3. The van der Waals surface area contributed by atoms with Gasteiger partial charge in [0.1, 0.15) is 0 Å². The molecule has 0 bridgehead atoms. The standard InChI is InChI=1S/C17H16N4O2/c22-17(16-10-18-21-20-16)19-15-8-6-14(7-9-15)12-23-11-13-4-2-1-3-5-13/h1-10H,11-12H2,(H,19,22)(H,18,20,21). The number of benzene rings is 2. The van der Waals surface area contributed by atoms with Gasteiger partial charge in [-0.05, 0) is 23.3 Å². The van der Waals surface area contributed by atoms with Gasteiger partial charge in [0.2, 0.25) is 0 Å². The Hall–Kier alpha value is -2.99. The van der Waals surface area contributed by atoms with Crippen LogP contribution in [0, 0.1) is 0 Å². The lowest BCUT2D eigenvalue weighted by atomic mass is 10.2. The van der Waals surface area contributed by atoms with Crippen LogP contribution in [-0.4, -0.2) is 21.3 Å². The van der Waals surface area contributed by atoms with Crippen molar-refractivity contribution in [2.75, 3.05) is 5.32 Å². The summed E-state index contributed by atoms with van der Waals surface area (Å²) in [6.07, 6.45) is 1.38. The van der Waals surface area contributed by atoms with Crippen molar-refractivity contribution in [3.8, 4) is 0 Å². The van der Waals surface area contributed by atoms with E-state index < -0.39 is 0 Å². The molecule has 3 aromatic rings. The van der Waals surface area contributed by atoms with Crippen molar-refractivity contribution in [3.05, 3.63) is 77.6 Å². The molecule has 0 radical (unpaired) electrons. The van der Waals surface area contributed by atoms with Gasteiger partial charge in [-0.1, -0.05) is 42.5 Å². The number of hydrogen-bond donors (Lipinski definition) is 2. The van der Waals surface area contributed by atoms with Crippen LogP contribution < -0.4 is 5.32 Å². The Balaban J connectivity index is 1.50. The minimum absolute atomic E-state index is 0.250. The molecule has 0 atom stereocenters. The minimum Gasteiger partial charge on any atom is -0.372 e. The molecule has 0 spiro atoms. The molecule has 116 valence electrons. The number of carbonyl (C=O) groups is 1. The molecule has 6 nitrogen and oxygen atoms in total. The van der Waals surface area contributed by atoms with Crippen molar-refractivity contribution in [1.82, 2.24) is 15.4 Å². The molecule has 0 aliphatic carbocycles. The Kier molecular flexibility index (Phi) is 4.76. The van der Waals surface area contributed by atoms with Crippen LogP contribution in [0.5, 0.6) is 0 Å². The van der Waals surface area contributed by atoms with E-state index in [1.165, 1.54) is 6.20 Å². The molecule has 0 saturated heterocycles. The van der Waals surface area contributed by atoms with Gasteiger partial charge in [0.15, 0.2) is 5.69 Å². The van der Waals surface area contributed by atoms with Gasteiger partial charge < -0.3 is 10.1 Å². The highest BCUT2D eigenvalue weighted by molar-refractivity contribution is 6.02. The zero-order valence-corrected chi connectivity index (χ0v) is 12.4. The molecule has 3 rings (SSSR count). The molecule has 2 aromatic carbocycles. The van der Waals surface area contributed by atoms with E-state index in [4.69, 9.17) is 4.74 Å². The fourth-order valence-electron chi connectivity index (χ4n) is 2.05. The summed E-state index contributed by atoms with van der Waals surface area (Å²) < 4.78 is 5.68. The predicted molar refractivity (Wildman–Crippen MR) is 85.7 cm³/mol. The number of H-pyrrole nitrogens is 1. The summed E-state index contributed by atoms with van der Waals surface area (Å²) in [5.41, 5.74) is 3.13. The lowest BCUT2D eigenvalue weighted by Crippen LogP contribution is -2.12. The highest BCUT2D eigenvalue weighted by Gasteiger charge is 2.08. The van der Waals surface area contributed by atoms with Crippen LogP contribution in [0.1, 0.15) is 21.6 Å². The van der Waals surface area contributed by atoms with Crippen LogP contribution in [0.15, 0.2) is 60.8 Å². The van der Waals surface area contributed by atoms with E-state index in [2.05, 4.69) is 20.7 Å². The summed E-state index contributed by atoms with van der Waals surface area (Å²) in [5.74, 6) is -0.299. The summed E-state index contributed by atoms with van der Waals surface area (Å²) in [5, 5.41) is 12.5. The summed E-state index contributed by atoms with van der Waals surface area (Å²) in [7, 11) is 0. The highest BCUT2D eigenvalue weighted by atomic mass is 16.5. The maximum absolute atomic E-state index is 11.8. The molecule has 1 heterocycles. The first kappa shape index (κ1) is 14.9. The van der Waals surface area contributed by atoms with Crippen LogP contribution >= 0.6 is 0 Å². The predicted octanol–water partition coefficient (Wildman–Crippen LogP) is 2.77. The quantitative estimate of drug-likeness (QED) is 0.734. The Morgan fingerprint density at radius 1 is 1.00 bits per heavy atom. The second kappa shape index (κ2) is 7.33. The Labute approximate surface area is 133 Å². The normalized spacial score (nSPS) is 10.4. The first-order valence-corrected chi connectivity index (χ1v) is 7.19. The fraction of sp³-hybridized carbons (Fsp3) is 0.118. The number of nitrogens with one attached hydrogen (secondary N) is 2. The van der Waals surface area contributed by atoms with Crippen LogP contribution in [0.2, 0.25) is 0 Å². The first-order valence-electron chi connectivity index (χ1n) is 7.19. The van der Waals surface area contributed by atoms with Crippen molar-refractivity contribution in [2.24, 2.45) is 0 Å². The Bertz CT molecular complexity index is 740. The molecule has 6 heteroatoms. The zero-order valence-electron chi connectivity index (χ0n) is 12.4. The van der Waals surface area contributed by atoms with E-state index >= 15 is 0 Å². The second-order valence-corrected chi connectivity index (χ2v) is 4.98. The number of carbonyl (C=O) groups excluding carboxylic acids is 1. The van der Waals surface area contributed by atoms with Crippen molar-refractivity contribution < 1.29 is 9.53 Å². The molecule has 0 unspecified atom stereocenters. The summed E-state index contributed by atoms with van der Waals surface area (Å²) in [6, 6.07) is 17.5. The van der Waals surface area contributed by atoms with Gasteiger partial charge in [-0.15, -0.1) is 0 Å². The molecule has 1 aromatic heterocycles. The Morgan fingerprint density at radius 2 is 1.70 bits per heavy atom. The van der Waals surface area contributed by atoms with E-state index in [1.807, 2.05) is 54.6 Å². The SMILES string of the molecule is O=C(Nc1ccc(COCc2ccccc2)cc1)c1cn[nH]n1. The van der Waals surface area contributed by atoms with E-state index in [0.717, 1.165) is 11.1 Å². The molecule has 0 aliphatic rings. The number of anilines is 1. The largest absolute Gasteiger partial charge is 0.372 e. The average Bonchev–Trinajstić information content (AvgIpc) is 3.12. The van der Waals surface area contributed by atoms with E-state index in [-0.39, 0.29) is 11.6 Å². The molecule has 2 N–H and O–H groups in total. The molecular formula is C17H16N4O2. The van der Waals surface area contributed by atoms with Gasteiger partial charge in [0, 0.05) is 5.69 Å². The molecule has 1 amide bonds. The molecule has 0 saturated carbocycles. The van der Waals surface area contributed by atoms with E-state index in [1.54, 1.807) is 0 Å². The van der Waals surface area contributed by atoms with Gasteiger partial charge in [-0.25, -0.2) is 0 Å². The van der Waals surface area contributed by atoms with Crippen LogP contribution in [0.25, 0.3) is 0 Å². The number of nitrogens with zero attached hydrogens (tertiary/aromatic N) is 2. The maximum Gasteiger partial charge on any atom is 0.277 e. The number of hydrogen-bond acceptors (Lipinski definition) is 4. The molecular weight excluding hydrogens is 292 g/mol. The minimum atomic E-state index is -0.299. The van der Waals surface area contributed by atoms with Gasteiger partial charge in [0.05, 0.1) is 19.4 Å². The van der Waals surface area contributed by atoms with E-state index in [9.17, 15) is 4.79 Å². The second-order valence-electron chi connectivity index (χ2n) is 4.98. The van der Waals surface area contributed by atoms with Crippen LogP contribution in [0.4, 0.5) is 5.69 Å². The van der Waals surface area contributed by atoms with Crippen molar-refractivity contribution in [1.29, 1.82) is 0 Å². The van der Waals surface area contributed by atoms with Crippen molar-refractivity contribution >= 4 is 11.6 Å². The smallest absolute Gasteiger partial charge is 0.277 e. The van der Waals surface area contributed by atoms with E-state index in [0.29, 0.717) is 18.9 Å². The highest BCUT2D eigenvalue weighted by Crippen LogP contribution is 2.12. The summed E-state index contributed by atoms with van der Waals surface area (Å²) in [6.45, 7) is 1.10. The lowest BCUT2D eigenvalue weighted by molar-refractivity contribution is 0.102. The average molecular weight is 308 g/mol. The topological polar surface area (TPSA) is 79.9 Å². The zero-order chi connectivity index (χ0) is 15.9. The van der Waals surface area contributed by atoms with Gasteiger partial charge >= 0.3 is 0 Å². The third-order valence-electron chi connectivity index (χ3n) is 3.24. The van der Waals surface area contributed by atoms with Gasteiger partial charge in [-0.2, -0.15) is 15.4 Å². The Morgan fingerprint density at radius 3 is 2.35 bits per heavy atom. The summed E-state index contributed by atoms with van der Waals surface area (Å²) >= 11 is 0. The maximum atomic E-state index is 11.8. The summed E-state index contributed by atoms with van der Waals surface area (Å²) in [4.78, 5) is 11.8. The number of rotatable bonds is 6. The van der Waals surface area contributed by atoms with Gasteiger partial charge in [-0.3, -0.25) is 4.79 Å². The monoisotopic (exact) mass is 308 g/mol. The van der Waals surface area contributed by atoms with Crippen LogP contribution in [0.3, 0.4) is 0 Å². The number of ether oxygens (including phenoxy) is 1. The first-order chi connectivity index (χ1) is 11.3. The molecule has 0 aliphatic heterocycles.